The molecule has 0 aromatic heterocycles. The van der Waals surface area contributed by atoms with E-state index in [0.717, 1.165) is 38.5 Å². The standard InChI is InChI=1S/C14H23NO3/c16-12(11-6-2-1-3-7-11)10-15-13(17)8-4-5-9-14(15)18/h11-12,16H,1-10H2. The Morgan fingerprint density at radius 3 is 2.11 bits per heavy atom. The van der Waals surface area contributed by atoms with Crippen LogP contribution in [0.15, 0.2) is 0 Å². The van der Waals surface area contributed by atoms with Gasteiger partial charge in [-0.15, -0.1) is 0 Å². The van der Waals surface area contributed by atoms with E-state index in [0.29, 0.717) is 12.8 Å². The van der Waals surface area contributed by atoms with Crippen molar-refractivity contribution in [2.24, 2.45) is 5.92 Å². The predicted molar refractivity (Wildman–Crippen MR) is 67.8 cm³/mol. The summed E-state index contributed by atoms with van der Waals surface area (Å²) in [6.07, 6.45) is 7.55. The number of carbonyl (C=O) groups excluding carboxylic acids is 2. The van der Waals surface area contributed by atoms with Gasteiger partial charge in [-0.1, -0.05) is 19.3 Å². The Balaban J connectivity index is 1.92. The second kappa shape index (κ2) is 6.32. The Morgan fingerprint density at radius 1 is 1.00 bits per heavy atom. The molecule has 102 valence electrons. The molecule has 1 saturated heterocycles. The summed E-state index contributed by atoms with van der Waals surface area (Å²) in [5.74, 6) is 0.0577. The van der Waals surface area contributed by atoms with Crippen LogP contribution in [0.4, 0.5) is 0 Å². The van der Waals surface area contributed by atoms with Crippen molar-refractivity contribution in [3.63, 3.8) is 0 Å². The maximum Gasteiger partial charge on any atom is 0.229 e. The molecule has 0 bridgehead atoms. The molecule has 1 heterocycles. The van der Waals surface area contributed by atoms with Gasteiger partial charge in [0.15, 0.2) is 0 Å². The van der Waals surface area contributed by atoms with E-state index in [9.17, 15) is 14.7 Å². The lowest BCUT2D eigenvalue weighted by molar-refractivity contribution is -0.146. The van der Waals surface area contributed by atoms with Crippen LogP contribution in [-0.4, -0.2) is 34.5 Å². The minimum atomic E-state index is -0.531. The molecule has 1 aliphatic carbocycles. The molecular formula is C14H23NO3. The average molecular weight is 253 g/mol. The molecule has 1 N–H and O–H groups in total. The highest BCUT2D eigenvalue weighted by molar-refractivity contribution is 5.96. The first kappa shape index (κ1) is 13.5. The number of hydrogen-bond donors (Lipinski definition) is 1. The zero-order chi connectivity index (χ0) is 13.0. The minimum absolute atomic E-state index is 0.104. The van der Waals surface area contributed by atoms with Gasteiger partial charge >= 0.3 is 0 Å². The fourth-order valence-corrected chi connectivity index (χ4v) is 3.02. The summed E-state index contributed by atoms with van der Waals surface area (Å²) in [6, 6.07) is 0. The van der Waals surface area contributed by atoms with Gasteiger partial charge in [0.1, 0.15) is 0 Å². The maximum absolute atomic E-state index is 11.8. The Bertz CT molecular complexity index is 292. The van der Waals surface area contributed by atoms with Crippen molar-refractivity contribution in [3.8, 4) is 0 Å². The highest BCUT2D eigenvalue weighted by Crippen LogP contribution is 2.27. The largest absolute Gasteiger partial charge is 0.391 e. The fourth-order valence-electron chi connectivity index (χ4n) is 3.02. The zero-order valence-electron chi connectivity index (χ0n) is 10.9. The number of nitrogens with zero attached hydrogens (tertiary/aromatic N) is 1. The van der Waals surface area contributed by atoms with Crippen molar-refractivity contribution < 1.29 is 14.7 Å². The summed E-state index contributed by atoms with van der Waals surface area (Å²) in [6.45, 7) is 0.211. The van der Waals surface area contributed by atoms with Gasteiger partial charge in [-0.25, -0.2) is 0 Å². The first-order chi connectivity index (χ1) is 8.68. The molecule has 0 aromatic carbocycles. The topological polar surface area (TPSA) is 57.6 Å². The molecule has 1 unspecified atom stereocenters. The van der Waals surface area contributed by atoms with Gasteiger partial charge in [-0.3, -0.25) is 14.5 Å². The molecule has 2 aliphatic rings. The van der Waals surface area contributed by atoms with E-state index in [2.05, 4.69) is 0 Å². The number of β-amino-alcohol motifs (C(OH)–C–C–N with tert-alkyl or cyclic N) is 1. The van der Waals surface area contributed by atoms with Gasteiger partial charge in [0.05, 0.1) is 12.6 Å². The number of aliphatic hydroxyl groups is 1. The van der Waals surface area contributed by atoms with Crippen LogP contribution in [0.3, 0.4) is 0 Å². The van der Waals surface area contributed by atoms with Gasteiger partial charge in [-0.2, -0.15) is 0 Å². The van der Waals surface area contributed by atoms with Gasteiger partial charge < -0.3 is 5.11 Å². The minimum Gasteiger partial charge on any atom is -0.391 e. The SMILES string of the molecule is O=C1CCCCC(=O)N1CC(O)C1CCCCC1. The smallest absolute Gasteiger partial charge is 0.229 e. The molecule has 1 saturated carbocycles. The van der Waals surface area contributed by atoms with Crippen LogP contribution in [0, 0.1) is 5.92 Å². The van der Waals surface area contributed by atoms with Crippen LogP contribution in [0.25, 0.3) is 0 Å². The molecule has 4 heteroatoms. The number of likely N-dealkylation sites (tertiary alicyclic amines) is 1. The van der Waals surface area contributed by atoms with Crippen LogP contribution in [0.2, 0.25) is 0 Å². The third kappa shape index (κ3) is 3.31. The van der Waals surface area contributed by atoms with E-state index in [4.69, 9.17) is 0 Å². The lowest BCUT2D eigenvalue weighted by Crippen LogP contribution is -2.43. The van der Waals surface area contributed by atoms with E-state index < -0.39 is 6.10 Å². The number of hydrogen-bond acceptors (Lipinski definition) is 3. The molecule has 1 aliphatic heterocycles. The van der Waals surface area contributed by atoms with Gasteiger partial charge in [0.25, 0.3) is 0 Å². The molecular weight excluding hydrogens is 230 g/mol. The highest BCUT2D eigenvalue weighted by Gasteiger charge is 2.29. The molecule has 4 nitrogen and oxygen atoms in total. The molecule has 2 rings (SSSR count). The number of imide groups is 1. The molecule has 2 fully saturated rings. The van der Waals surface area contributed by atoms with Crippen LogP contribution in [0.1, 0.15) is 57.8 Å². The summed E-state index contributed by atoms with van der Waals surface area (Å²) in [5, 5.41) is 10.2. The van der Waals surface area contributed by atoms with Crippen molar-refractivity contribution in [3.05, 3.63) is 0 Å². The third-order valence-corrected chi connectivity index (χ3v) is 4.20. The van der Waals surface area contributed by atoms with Gasteiger partial charge in [0.2, 0.25) is 11.8 Å². The van der Waals surface area contributed by atoms with Crippen LogP contribution >= 0.6 is 0 Å². The van der Waals surface area contributed by atoms with Crippen LogP contribution in [-0.2, 0) is 9.59 Å². The van der Waals surface area contributed by atoms with Crippen LogP contribution in [0.5, 0.6) is 0 Å². The summed E-state index contributed by atoms with van der Waals surface area (Å²) >= 11 is 0. The summed E-state index contributed by atoms with van der Waals surface area (Å²) in [4.78, 5) is 25.0. The van der Waals surface area contributed by atoms with Gasteiger partial charge in [-0.05, 0) is 31.6 Å². The lowest BCUT2D eigenvalue weighted by Gasteiger charge is -2.30. The van der Waals surface area contributed by atoms with E-state index in [1.165, 1.54) is 11.3 Å². The Kier molecular flexibility index (Phi) is 4.75. The van der Waals surface area contributed by atoms with E-state index >= 15 is 0 Å². The predicted octanol–water partition coefficient (Wildman–Crippen LogP) is 1.86. The molecule has 0 spiro atoms. The van der Waals surface area contributed by atoms with Crippen molar-refractivity contribution in [2.45, 2.75) is 63.9 Å². The summed E-state index contributed by atoms with van der Waals surface area (Å²) in [5.41, 5.74) is 0. The molecule has 0 aromatic rings. The highest BCUT2D eigenvalue weighted by atomic mass is 16.3. The first-order valence-electron chi connectivity index (χ1n) is 7.20. The number of carbonyl (C=O) groups is 2. The molecule has 1 atom stereocenters. The lowest BCUT2D eigenvalue weighted by atomic mass is 9.85. The number of aliphatic hydroxyl groups excluding tert-OH is 1. The van der Waals surface area contributed by atoms with Crippen molar-refractivity contribution in [1.29, 1.82) is 0 Å². The molecule has 18 heavy (non-hydrogen) atoms. The van der Waals surface area contributed by atoms with Crippen molar-refractivity contribution >= 4 is 11.8 Å². The summed E-state index contributed by atoms with van der Waals surface area (Å²) in [7, 11) is 0. The normalized spacial score (nSPS) is 25.1. The van der Waals surface area contributed by atoms with Crippen LogP contribution < -0.4 is 0 Å². The first-order valence-corrected chi connectivity index (χ1v) is 7.20. The molecule has 2 amide bonds. The molecule has 0 radical (unpaired) electrons. The van der Waals surface area contributed by atoms with Crippen molar-refractivity contribution in [1.82, 2.24) is 4.90 Å². The van der Waals surface area contributed by atoms with E-state index in [1.54, 1.807) is 0 Å². The fraction of sp³-hybridized carbons (Fsp3) is 0.857. The number of rotatable bonds is 3. The van der Waals surface area contributed by atoms with Crippen molar-refractivity contribution in [2.75, 3.05) is 6.54 Å². The average Bonchev–Trinajstić information content (AvgIpc) is 2.55. The monoisotopic (exact) mass is 253 g/mol. The second-order valence-corrected chi connectivity index (χ2v) is 5.57. The van der Waals surface area contributed by atoms with E-state index in [-0.39, 0.29) is 24.3 Å². The quantitative estimate of drug-likeness (QED) is 0.781. The van der Waals surface area contributed by atoms with Gasteiger partial charge in [0, 0.05) is 12.8 Å². The second-order valence-electron chi connectivity index (χ2n) is 5.57. The maximum atomic E-state index is 11.8. The Morgan fingerprint density at radius 2 is 1.56 bits per heavy atom. The zero-order valence-corrected chi connectivity index (χ0v) is 10.9. The Hall–Kier alpha value is -0.900. The van der Waals surface area contributed by atoms with E-state index in [1.807, 2.05) is 0 Å². The third-order valence-electron chi connectivity index (χ3n) is 4.20. The number of amides is 2. The summed E-state index contributed by atoms with van der Waals surface area (Å²) < 4.78 is 0. The Labute approximate surface area is 108 Å².